The fourth-order valence-electron chi connectivity index (χ4n) is 4.31. The maximum Gasteiger partial charge on any atom is 0.249 e. The van der Waals surface area contributed by atoms with Gasteiger partial charge in [0.05, 0.1) is 24.9 Å². The topological polar surface area (TPSA) is 98.6 Å². The second kappa shape index (κ2) is 12.0. The molecule has 0 spiro atoms. The molecule has 1 N–H and O–H groups in total. The Kier molecular flexibility index (Phi) is 8.49. The largest absolute Gasteiger partial charge is 0.495 e. The highest BCUT2D eigenvalue weighted by molar-refractivity contribution is 6.02. The number of anilines is 1. The van der Waals surface area contributed by atoms with Gasteiger partial charge in [-0.15, -0.1) is 5.10 Å². The number of rotatable bonds is 11. The van der Waals surface area contributed by atoms with Crippen molar-refractivity contribution in [2.45, 2.75) is 52.2 Å². The summed E-state index contributed by atoms with van der Waals surface area (Å²) in [5, 5.41) is 11.5. The Morgan fingerprint density at radius 1 is 1.00 bits per heavy atom. The normalized spacial score (nSPS) is 12.1. The van der Waals surface area contributed by atoms with E-state index in [1.807, 2.05) is 76.2 Å². The van der Waals surface area contributed by atoms with Gasteiger partial charge in [-0.3, -0.25) is 14.5 Å². The lowest BCUT2D eigenvalue weighted by Crippen LogP contribution is -2.51. The highest BCUT2D eigenvalue weighted by Crippen LogP contribution is 2.36. The fourth-order valence-corrected chi connectivity index (χ4v) is 4.31. The van der Waals surface area contributed by atoms with Crippen LogP contribution in [0.25, 0.3) is 11.0 Å². The maximum absolute atomic E-state index is 14.2. The Bertz CT molecular complexity index is 1430. The second-order valence-corrected chi connectivity index (χ2v) is 9.80. The van der Waals surface area contributed by atoms with Crippen LogP contribution in [0.2, 0.25) is 0 Å². The summed E-state index contributed by atoms with van der Waals surface area (Å²) in [6.07, 6.45) is 0.711. The van der Waals surface area contributed by atoms with Crippen LogP contribution in [0.1, 0.15) is 45.7 Å². The summed E-state index contributed by atoms with van der Waals surface area (Å²) >= 11 is 0. The number of hydrogen-bond donors (Lipinski definition) is 1. The minimum atomic E-state index is -0.995. The van der Waals surface area contributed by atoms with Gasteiger partial charge >= 0.3 is 0 Å². The van der Waals surface area contributed by atoms with Crippen LogP contribution in [0, 0.1) is 0 Å². The van der Waals surface area contributed by atoms with E-state index < -0.39 is 11.6 Å². The highest BCUT2D eigenvalue weighted by Gasteiger charge is 2.36. The van der Waals surface area contributed by atoms with Gasteiger partial charge in [-0.1, -0.05) is 48.5 Å². The summed E-state index contributed by atoms with van der Waals surface area (Å²) < 4.78 is 12.8. The fraction of sp³-hybridized carbons (Fsp3) is 0.333. The number of ether oxygens (including phenoxy) is 2. The van der Waals surface area contributed by atoms with Crippen LogP contribution >= 0.6 is 0 Å². The summed E-state index contributed by atoms with van der Waals surface area (Å²) in [6.45, 7) is 8.22. The molecular formula is C30H35N5O4. The predicted octanol–water partition coefficient (Wildman–Crippen LogP) is 4.92. The van der Waals surface area contributed by atoms with Crippen LogP contribution in [0.5, 0.6) is 11.5 Å². The van der Waals surface area contributed by atoms with Gasteiger partial charge in [0, 0.05) is 5.54 Å². The third-order valence-electron chi connectivity index (χ3n) is 6.68. The Morgan fingerprint density at radius 2 is 1.69 bits per heavy atom. The minimum Gasteiger partial charge on any atom is -0.495 e. The number of nitrogens with zero attached hydrogens (tertiary/aromatic N) is 4. The molecule has 3 aromatic carbocycles. The monoisotopic (exact) mass is 529 g/mol. The van der Waals surface area contributed by atoms with Gasteiger partial charge in [-0.05, 0) is 69.2 Å². The van der Waals surface area contributed by atoms with Gasteiger partial charge in [0.25, 0.3) is 0 Å². The Hall–Kier alpha value is -4.40. The molecule has 0 aliphatic rings. The van der Waals surface area contributed by atoms with Crippen LogP contribution in [0.4, 0.5) is 5.69 Å². The van der Waals surface area contributed by atoms with E-state index in [0.717, 1.165) is 5.52 Å². The Balaban J connectivity index is 1.85. The first-order chi connectivity index (χ1) is 18.8. The summed E-state index contributed by atoms with van der Waals surface area (Å²) in [4.78, 5) is 29.8. The number of benzene rings is 3. The molecule has 0 radical (unpaired) electrons. The third kappa shape index (κ3) is 6.19. The standard InChI is InChI=1S/C30H35N5O4/c1-6-30(3,4)31-29(37)28(21-16-18-22(19-17-21)39-7-2)35(25-14-10-11-15-26(25)38-5)27(36)20-34-24-13-9-8-12-23(24)32-33-34/h8-19,28H,6-7,20H2,1-5H3,(H,31,37)/t28-/m1/s1. The van der Waals surface area contributed by atoms with Gasteiger partial charge in [0.1, 0.15) is 29.6 Å². The number of aromatic nitrogens is 3. The molecule has 0 unspecified atom stereocenters. The zero-order chi connectivity index (χ0) is 28.0. The molecule has 0 saturated carbocycles. The van der Waals surface area contributed by atoms with Gasteiger partial charge in [0.15, 0.2) is 0 Å². The van der Waals surface area contributed by atoms with Gasteiger partial charge in [-0.25, -0.2) is 4.68 Å². The Morgan fingerprint density at radius 3 is 2.38 bits per heavy atom. The van der Waals surface area contributed by atoms with Crippen molar-refractivity contribution in [3.63, 3.8) is 0 Å². The molecule has 1 aromatic heterocycles. The molecule has 204 valence electrons. The first-order valence-electron chi connectivity index (χ1n) is 13.1. The summed E-state index contributed by atoms with van der Waals surface area (Å²) in [5.74, 6) is 0.485. The van der Waals surface area contributed by atoms with Crippen molar-refractivity contribution in [3.8, 4) is 11.5 Å². The molecule has 9 nitrogen and oxygen atoms in total. The van der Waals surface area contributed by atoms with Crippen molar-refractivity contribution in [1.29, 1.82) is 0 Å². The van der Waals surface area contributed by atoms with Crippen molar-refractivity contribution in [1.82, 2.24) is 20.3 Å². The summed E-state index contributed by atoms with van der Waals surface area (Å²) in [7, 11) is 1.54. The lowest BCUT2D eigenvalue weighted by molar-refractivity contribution is -0.128. The number of carbonyl (C=O) groups excluding carboxylic acids is 2. The molecule has 39 heavy (non-hydrogen) atoms. The number of para-hydroxylation sites is 3. The molecule has 4 rings (SSSR count). The minimum absolute atomic E-state index is 0.128. The molecule has 0 saturated heterocycles. The molecular weight excluding hydrogens is 494 g/mol. The number of fused-ring (bicyclic) bond motifs is 1. The summed E-state index contributed by atoms with van der Waals surface area (Å²) in [6, 6.07) is 20.8. The quantitative estimate of drug-likeness (QED) is 0.296. The van der Waals surface area contributed by atoms with E-state index >= 15 is 0 Å². The third-order valence-corrected chi connectivity index (χ3v) is 6.68. The van der Waals surface area contributed by atoms with Crippen molar-refractivity contribution >= 4 is 28.5 Å². The lowest BCUT2D eigenvalue weighted by Gasteiger charge is -2.35. The average Bonchev–Trinajstić information content (AvgIpc) is 3.34. The van der Waals surface area contributed by atoms with Crippen LogP contribution in [-0.2, 0) is 16.1 Å². The number of nitrogens with one attached hydrogen (secondary N) is 1. The molecule has 1 heterocycles. The highest BCUT2D eigenvalue weighted by atomic mass is 16.5. The average molecular weight is 530 g/mol. The number of carbonyl (C=O) groups is 2. The van der Waals surface area contributed by atoms with Crippen molar-refractivity contribution in [2.75, 3.05) is 18.6 Å². The predicted molar refractivity (Wildman–Crippen MR) is 151 cm³/mol. The van der Waals surface area contributed by atoms with E-state index in [-0.39, 0.29) is 18.4 Å². The van der Waals surface area contributed by atoms with E-state index in [1.165, 1.54) is 4.90 Å². The zero-order valence-electron chi connectivity index (χ0n) is 23.0. The van der Waals surface area contributed by atoms with Crippen LogP contribution in [0.15, 0.2) is 72.8 Å². The molecule has 0 fully saturated rings. The van der Waals surface area contributed by atoms with Crippen molar-refractivity contribution in [2.24, 2.45) is 0 Å². The number of methoxy groups -OCH3 is 1. The molecule has 0 aliphatic carbocycles. The molecule has 4 aromatic rings. The molecule has 9 heteroatoms. The first-order valence-corrected chi connectivity index (χ1v) is 13.1. The molecule has 2 amide bonds. The van der Waals surface area contributed by atoms with Gasteiger partial charge in [0.2, 0.25) is 11.8 Å². The molecule has 1 atom stereocenters. The van der Waals surface area contributed by atoms with Crippen LogP contribution in [0.3, 0.4) is 0 Å². The lowest BCUT2D eigenvalue weighted by atomic mass is 9.98. The van der Waals surface area contributed by atoms with Crippen molar-refractivity contribution in [3.05, 3.63) is 78.4 Å². The zero-order valence-corrected chi connectivity index (χ0v) is 23.0. The molecule has 0 bridgehead atoms. The number of amides is 2. The second-order valence-electron chi connectivity index (χ2n) is 9.80. The van der Waals surface area contributed by atoms with Gasteiger partial charge < -0.3 is 14.8 Å². The van der Waals surface area contributed by atoms with E-state index in [1.54, 1.807) is 36.1 Å². The smallest absolute Gasteiger partial charge is 0.249 e. The SMILES string of the molecule is CCOc1ccc([C@H](C(=O)NC(C)(C)CC)N(C(=O)Cn2nnc3ccccc32)c2ccccc2OC)cc1. The number of hydrogen-bond acceptors (Lipinski definition) is 6. The first kappa shape index (κ1) is 27.6. The van der Waals surface area contributed by atoms with Crippen LogP contribution < -0.4 is 19.7 Å². The summed E-state index contributed by atoms with van der Waals surface area (Å²) in [5.41, 5.74) is 2.01. The molecule has 0 aliphatic heterocycles. The van der Waals surface area contributed by atoms with E-state index in [9.17, 15) is 9.59 Å². The maximum atomic E-state index is 14.2. The van der Waals surface area contributed by atoms with Crippen molar-refractivity contribution < 1.29 is 19.1 Å². The van der Waals surface area contributed by atoms with Gasteiger partial charge in [-0.2, -0.15) is 0 Å². The van der Waals surface area contributed by atoms with E-state index in [0.29, 0.717) is 41.3 Å². The van der Waals surface area contributed by atoms with E-state index in [2.05, 4.69) is 15.6 Å². The van der Waals surface area contributed by atoms with E-state index in [4.69, 9.17) is 9.47 Å². The Labute approximate surface area is 228 Å². The van der Waals surface area contributed by atoms with Crippen LogP contribution in [-0.4, -0.2) is 46.1 Å².